The first kappa shape index (κ1) is 29.4. The number of para-hydroxylation sites is 1. The summed E-state index contributed by atoms with van der Waals surface area (Å²) in [7, 11) is 0. The normalized spacial score (nSPS) is 15.0. The number of primary amides is 1. The van der Waals surface area contributed by atoms with Crippen LogP contribution in [-0.2, 0) is 9.59 Å². The number of nitrogens with zero attached hydrogens (tertiary/aromatic N) is 1. The molecule has 1 saturated carbocycles. The number of aliphatic imine (C=N–C) groups is 1. The Bertz CT molecular complexity index is 1150. The predicted molar refractivity (Wildman–Crippen MR) is 151 cm³/mol. The monoisotopic (exact) mass is 537 g/mol. The van der Waals surface area contributed by atoms with Crippen molar-refractivity contribution in [3.63, 3.8) is 0 Å². The number of guanidine groups is 1. The van der Waals surface area contributed by atoms with E-state index in [9.17, 15) is 14.4 Å². The van der Waals surface area contributed by atoms with E-state index < -0.39 is 29.8 Å². The first-order valence-electron chi connectivity index (χ1n) is 13.3. The van der Waals surface area contributed by atoms with Gasteiger partial charge in [-0.2, -0.15) is 0 Å². The molecule has 2 aromatic carbocycles. The molecule has 2 aromatic rings. The second-order valence-electron chi connectivity index (χ2n) is 9.84. The van der Waals surface area contributed by atoms with Crippen molar-refractivity contribution in [2.75, 3.05) is 11.9 Å². The van der Waals surface area contributed by atoms with Gasteiger partial charge in [0.15, 0.2) is 11.7 Å². The molecule has 11 nitrogen and oxygen atoms in total. The average molecular weight is 538 g/mol. The maximum absolute atomic E-state index is 13.5. The fourth-order valence-corrected chi connectivity index (χ4v) is 4.62. The fraction of sp³-hybridized carbons (Fsp3) is 0.429. The Hall–Kier alpha value is -4.12. The lowest BCUT2D eigenvalue weighted by Gasteiger charge is -2.27. The third-order valence-corrected chi connectivity index (χ3v) is 6.73. The van der Waals surface area contributed by atoms with Gasteiger partial charge in [-0.25, -0.2) is 0 Å². The summed E-state index contributed by atoms with van der Waals surface area (Å²) < 4.78 is 5.96. The number of hydrogen-bond acceptors (Lipinski definition) is 6. The summed E-state index contributed by atoms with van der Waals surface area (Å²) in [5.74, 6) is -0.366. The van der Waals surface area contributed by atoms with E-state index in [1.807, 2.05) is 18.2 Å². The summed E-state index contributed by atoms with van der Waals surface area (Å²) in [4.78, 5) is 42.2. The first-order chi connectivity index (χ1) is 18.7. The maximum atomic E-state index is 13.5. The van der Waals surface area contributed by atoms with Crippen molar-refractivity contribution in [1.82, 2.24) is 5.32 Å². The van der Waals surface area contributed by atoms with E-state index in [4.69, 9.17) is 27.7 Å². The molecule has 0 heterocycles. The topological polar surface area (TPSA) is 201 Å². The van der Waals surface area contributed by atoms with Crippen LogP contribution < -0.4 is 38.3 Å². The minimum absolute atomic E-state index is 0.0169. The Morgan fingerprint density at radius 3 is 2.36 bits per heavy atom. The molecule has 0 aliphatic heterocycles. The number of nitrogens with one attached hydrogen (secondary N) is 2. The van der Waals surface area contributed by atoms with Crippen molar-refractivity contribution in [3.8, 4) is 11.5 Å². The lowest BCUT2D eigenvalue weighted by Crippen LogP contribution is -2.50. The number of anilines is 1. The summed E-state index contributed by atoms with van der Waals surface area (Å²) in [5.41, 5.74) is 22.8. The third-order valence-electron chi connectivity index (χ3n) is 6.73. The van der Waals surface area contributed by atoms with Crippen LogP contribution in [0.5, 0.6) is 11.5 Å². The molecule has 3 rings (SSSR count). The Kier molecular flexibility index (Phi) is 11.1. The molecule has 10 N–H and O–H groups in total. The van der Waals surface area contributed by atoms with E-state index in [-0.39, 0.29) is 17.3 Å². The maximum Gasteiger partial charge on any atom is 0.248 e. The van der Waals surface area contributed by atoms with Crippen LogP contribution in [0.15, 0.2) is 53.5 Å². The summed E-state index contributed by atoms with van der Waals surface area (Å²) in [6.07, 6.45) is 6.75. The second-order valence-corrected chi connectivity index (χ2v) is 9.84. The number of carbonyl (C=O) groups excluding carboxylic acids is 3. The van der Waals surface area contributed by atoms with E-state index in [0.29, 0.717) is 43.2 Å². The number of benzene rings is 2. The number of ether oxygens (including phenoxy) is 1. The molecule has 0 saturated heterocycles. The highest BCUT2D eigenvalue weighted by atomic mass is 16.5. The zero-order valence-electron chi connectivity index (χ0n) is 22.1. The number of rotatable bonds is 13. The zero-order chi connectivity index (χ0) is 28.2. The van der Waals surface area contributed by atoms with Gasteiger partial charge in [-0.1, -0.05) is 50.3 Å². The van der Waals surface area contributed by atoms with Gasteiger partial charge < -0.3 is 38.3 Å². The number of carbonyl (C=O) groups is 3. The fourth-order valence-electron chi connectivity index (χ4n) is 4.62. The highest BCUT2D eigenvalue weighted by molar-refractivity contribution is 6.00. The molecule has 0 aromatic heterocycles. The lowest BCUT2D eigenvalue weighted by atomic mass is 9.84. The van der Waals surface area contributed by atoms with Gasteiger partial charge in [-0.05, 0) is 55.5 Å². The van der Waals surface area contributed by atoms with Gasteiger partial charge in [0.2, 0.25) is 17.7 Å². The molecular weight excluding hydrogens is 498 g/mol. The summed E-state index contributed by atoms with van der Waals surface area (Å²) >= 11 is 0. The first-order valence-corrected chi connectivity index (χ1v) is 13.3. The molecule has 0 unspecified atom stereocenters. The van der Waals surface area contributed by atoms with Gasteiger partial charge in [-0.15, -0.1) is 0 Å². The van der Waals surface area contributed by atoms with E-state index in [2.05, 4.69) is 15.6 Å². The van der Waals surface area contributed by atoms with E-state index in [1.54, 1.807) is 18.2 Å². The van der Waals surface area contributed by atoms with E-state index in [1.165, 1.54) is 18.6 Å². The molecule has 0 radical (unpaired) electrons. The van der Waals surface area contributed by atoms with Gasteiger partial charge in [0.05, 0.1) is 11.7 Å². The van der Waals surface area contributed by atoms with Gasteiger partial charge in [0.1, 0.15) is 11.8 Å². The van der Waals surface area contributed by atoms with Gasteiger partial charge in [0, 0.05) is 12.1 Å². The summed E-state index contributed by atoms with van der Waals surface area (Å²) in [6.45, 7) is 0.362. The third kappa shape index (κ3) is 9.60. The number of nitrogens with two attached hydrogens (primary N) is 4. The van der Waals surface area contributed by atoms with Crippen molar-refractivity contribution in [1.29, 1.82) is 0 Å². The Labute approximate surface area is 228 Å². The molecule has 39 heavy (non-hydrogen) atoms. The molecule has 0 bridgehead atoms. The van der Waals surface area contributed by atoms with Crippen molar-refractivity contribution in [2.45, 2.75) is 63.5 Å². The Balaban J connectivity index is 1.76. The van der Waals surface area contributed by atoms with E-state index in [0.717, 1.165) is 25.7 Å². The average Bonchev–Trinajstić information content (AvgIpc) is 2.92. The van der Waals surface area contributed by atoms with Crippen molar-refractivity contribution >= 4 is 29.4 Å². The molecule has 3 amide bonds. The molecule has 1 fully saturated rings. The van der Waals surface area contributed by atoms with Crippen LogP contribution >= 0.6 is 0 Å². The van der Waals surface area contributed by atoms with E-state index >= 15 is 0 Å². The van der Waals surface area contributed by atoms with Crippen LogP contribution in [-0.4, -0.2) is 42.3 Å². The van der Waals surface area contributed by atoms with Crippen molar-refractivity contribution in [2.24, 2.45) is 33.8 Å². The van der Waals surface area contributed by atoms with Crippen LogP contribution in [0.1, 0.15) is 61.7 Å². The smallest absolute Gasteiger partial charge is 0.248 e. The number of amides is 3. The zero-order valence-corrected chi connectivity index (χ0v) is 22.1. The van der Waals surface area contributed by atoms with Gasteiger partial charge in [-0.3, -0.25) is 19.4 Å². The quantitative estimate of drug-likeness (QED) is 0.128. The molecule has 0 spiro atoms. The van der Waals surface area contributed by atoms with Crippen LogP contribution in [0.25, 0.3) is 0 Å². The summed E-state index contributed by atoms with van der Waals surface area (Å²) in [6, 6.07) is 11.9. The molecule has 2 atom stereocenters. The van der Waals surface area contributed by atoms with Crippen molar-refractivity contribution < 1.29 is 19.1 Å². The SMILES string of the molecule is NC(=O)c1ccc(NC(=O)[C@H](CC2CCCCC2)NC(=O)[C@@H](N)CCCN=C(N)N)c(Oc2ccccc2)c1. The Morgan fingerprint density at radius 2 is 1.69 bits per heavy atom. The van der Waals surface area contributed by atoms with Crippen LogP contribution in [0.3, 0.4) is 0 Å². The predicted octanol–water partition coefficient (Wildman–Crippen LogP) is 2.35. The Morgan fingerprint density at radius 1 is 0.974 bits per heavy atom. The second kappa shape index (κ2) is 14.7. The number of hydrogen-bond donors (Lipinski definition) is 6. The molecule has 11 heteroatoms. The van der Waals surface area contributed by atoms with Crippen LogP contribution in [0, 0.1) is 5.92 Å². The van der Waals surface area contributed by atoms with Crippen LogP contribution in [0.2, 0.25) is 0 Å². The standard InChI is InChI=1S/C28H39N7O4/c29-21(12-7-15-33-28(31)32)26(37)35-23(16-18-8-3-1-4-9-18)27(38)34-22-14-13-19(25(30)36)17-24(22)39-20-10-5-2-6-11-20/h2,5-6,10-11,13-14,17-18,21,23H,1,3-4,7-9,12,15-16,29H2,(H2,30,36)(H,34,38)(H,35,37)(H4,31,32,33)/t21-,23-/m0/s1. The highest BCUT2D eigenvalue weighted by Gasteiger charge is 2.28. The minimum atomic E-state index is -0.812. The highest BCUT2D eigenvalue weighted by Crippen LogP contribution is 2.32. The summed E-state index contributed by atoms with van der Waals surface area (Å²) in [5, 5.41) is 5.73. The van der Waals surface area contributed by atoms with Gasteiger partial charge in [0.25, 0.3) is 0 Å². The molecule has 210 valence electrons. The van der Waals surface area contributed by atoms with Crippen molar-refractivity contribution in [3.05, 3.63) is 54.1 Å². The minimum Gasteiger partial charge on any atom is -0.455 e. The largest absolute Gasteiger partial charge is 0.455 e. The lowest BCUT2D eigenvalue weighted by molar-refractivity contribution is -0.127. The molecule has 1 aliphatic rings. The van der Waals surface area contributed by atoms with Crippen LogP contribution in [0.4, 0.5) is 5.69 Å². The van der Waals surface area contributed by atoms with Gasteiger partial charge >= 0.3 is 0 Å². The molecular formula is C28H39N7O4. The molecule has 1 aliphatic carbocycles.